The van der Waals surface area contributed by atoms with Crippen molar-refractivity contribution in [2.45, 2.75) is 26.6 Å². The molecule has 0 bridgehead atoms. The molecule has 0 saturated heterocycles. The number of aromatic nitrogens is 2. The van der Waals surface area contributed by atoms with Gasteiger partial charge in [0.05, 0.1) is 25.2 Å². The van der Waals surface area contributed by atoms with Gasteiger partial charge in [-0.3, -0.25) is 19.2 Å². The molecule has 2 aromatic heterocycles. The van der Waals surface area contributed by atoms with Crippen molar-refractivity contribution < 1.29 is 13.9 Å². The highest BCUT2D eigenvalue weighted by atomic mass is 32.1. The molecule has 6 nitrogen and oxygen atoms in total. The molecule has 0 unspecified atom stereocenters. The number of benzene rings is 1. The van der Waals surface area contributed by atoms with Gasteiger partial charge in [-0.05, 0) is 42.9 Å². The van der Waals surface area contributed by atoms with Gasteiger partial charge in [0.2, 0.25) is 0 Å². The Kier molecular flexibility index (Phi) is 6.14. The van der Waals surface area contributed by atoms with E-state index in [-0.39, 0.29) is 5.97 Å². The minimum atomic E-state index is -0.204. The van der Waals surface area contributed by atoms with Crippen molar-refractivity contribution in [1.82, 2.24) is 14.5 Å². The summed E-state index contributed by atoms with van der Waals surface area (Å²) in [6.45, 7) is 3.91. The van der Waals surface area contributed by atoms with Crippen LogP contribution in [0.2, 0.25) is 0 Å². The number of hydrogen-bond donors (Lipinski definition) is 0. The second-order valence-corrected chi connectivity index (χ2v) is 6.22. The number of rotatable bonds is 8. The maximum absolute atomic E-state index is 11.8. The molecule has 0 atom stereocenters. The van der Waals surface area contributed by atoms with Crippen molar-refractivity contribution in [2.24, 2.45) is 0 Å². The Morgan fingerprint density at radius 3 is 2.92 bits per heavy atom. The fraction of sp³-hybridized carbons (Fsp3) is 0.316. The highest BCUT2D eigenvalue weighted by Crippen LogP contribution is 2.18. The lowest BCUT2D eigenvalue weighted by atomic mass is 10.2. The molecule has 7 heteroatoms. The monoisotopic (exact) mass is 371 g/mol. The molecule has 3 rings (SSSR count). The summed E-state index contributed by atoms with van der Waals surface area (Å²) in [5, 5.41) is 0. The second kappa shape index (κ2) is 8.73. The first kappa shape index (κ1) is 18.3. The molecule has 0 fully saturated rings. The summed E-state index contributed by atoms with van der Waals surface area (Å²) in [7, 11) is 0. The van der Waals surface area contributed by atoms with Crippen molar-refractivity contribution in [3.8, 4) is 0 Å². The summed E-state index contributed by atoms with van der Waals surface area (Å²) in [4.78, 5) is 18.5. The third kappa shape index (κ3) is 4.56. The summed E-state index contributed by atoms with van der Waals surface area (Å²) >= 11 is 5.38. The van der Waals surface area contributed by atoms with E-state index in [9.17, 15) is 4.79 Å². The maximum atomic E-state index is 11.8. The average Bonchev–Trinajstić information content (AvgIpc) is 2.96. The summed E-state index contributed by atoms with van der Waals surface area (Å²) in [5.41, 5.74) is 2.75. The Balaban J connectivity index is 1.81. The number of ether oxygens (including phenoxy) is 1. The van der Waals surface area contributed by atoms with Gasteiger partial charge >= 0.3 is 5.97 Å². The summed E-state index contributed by atoms with van der Waals surface area (Å²) in [6, 6.07) is 11.6. The predicted octanol–water partition coefficient (Wildman–Crippen LogP) is 3.77. The number of carbonyl (C=O) groups excluding carboxylic acids is 1. The van der Waals surface area contributed by atoms with E-state index in [4.69, 9.17) is 21.4 Å². The van der Waals surface area contributed by atoms with Gasteiger partial charge in [-0.1, -0.05) is 18.2 Å². The molecule has 0 amide bonds. The summed E-state index contributed by atoms with van der Waals surface area (Å²) in [6.07, 6.45) is 3.88. The second-order valence-electron chi connectivity index (χ2n) is 5.87. The van der Waals surface area contributed by atoms with Gasteiger partial charge in [0, 0.05) is 25.5 Å². The van der Waals surface area contributed by atoms with Gasteiger partial charge in [-0.15, -0.1) is 0 Å². The van der Waals surface area contributed by atoms with Crippen molar-refractivity contribution in [3.05, 3.63) is 59.2 Å². The molecule has 0 aliphatic heterocycles. The predicted molar refractivity (Wildman–Crippen MR) is 101 cm³/mol. The first-order valence-electron chi connectivity index (χ1n) is 8.52. The third-order valence-corrected chi connectivity index (χ3v) is 4.29. The number of fused-ring (bicyclic) bond motifs is 1. The van der Waals surface area contributed by atoms with Gasteiger partial charge in [0.25, 0.3) is 4.84 Å². The van der Waals surface area contributed by atoms with Gasteiger partial charge in [0.1, 0.15) is 0 Å². The quantitative estimate of drug-likeness (QED) is 0.444. The van der Waals surface area contributed by atoms with Crippen molar-refractivity contribution in [2.75, 3.05) is 13.2 Å². The van der Waals surface area contributed by atoms with E-state index >= 15 is 0 Å². The molecule has 1 aromatic carbocycles. The number of nitrogens with zero attached hydrogens (tertiary/aromatic N) is 3. The highest BCUT2D eigenvalue weighted by Gasteiger charge is 2.14. The van der Waals surface area contributed by atoms with Crippen LogP contribution >= 0.6 is 12.2 Å². The zero-order valence-corrected chi connectivity index (χ0v) is 15.4. The van der Waals surface area contributed by atoms with E-state index < -0.39 is 0 Å². The van der Waals surface area contributed by atoms with E-state index in [1.165, 1.54) is 0 Å². The molecule has 0 spiro atoms. The van der Waals surface area contributed by atoms with Crippen LogP contribution in [0.15, 0.2) is 53.2 Å². The molecule has 0 aliphatic rings. The van der Waals surface area contributed by atoms with Gasteiger partial charge in [-0.2, -0.15) is 0 Å². The van der Waals surface area contributed by atoms with E-state index in [1.807, 2.05) is 54.1 Å². The van der Waals surface area contributed by atoms with Crippen LogP contribution in [0.25, 0.3) is 11.1 Å². The van der Waals surface area contributed by atoms with Crippen LogP contribution < -0.4 is 0 Å². The number of para-hydroxylation sites is 2. The SMILES string of the molecule is CCOC(=O)CCN(Cc1cccnc1)Cn1c(=S)oc2ccccc21. The Morgan fingerprint density at radius 2 is 2.15 bits per heavy atom. The summed E-state index contributed by atoms with van der Waals surface area (Å²) in [5.74, 6) is -0.204. The minimum Gasteiger partial charge on any atom is -0.466 e. The lowest BCUT2D eigenvalue weighted by molar-refractivity contribution is -0.143. The molecular formula is C19H21N3O3S. The Hall–Kier alpha value is -2.51. The first-order chi connectivity index (χ1) is 12.7. The minimum absolute atomic E-state index is 0.204. The van der Waals surface area contributed by atoms with Crippen LogP contribution in [0.1, 0.15) is 18.9 Å². The Labute approximate surface area is 157 Å². The topological polar surface area (TPSA) is 60.5 Å². The van der Waals surface area contributed by atoms with Gasteiger partial charge in [-0.25, -0.2) is 0 Å². The maximum Gasteiger partial charge on any atom is 0.307 e. The van der Waals surface area contributed by atoms with Crippen LogP contribution in [0.3, 0.4) is 0 Å². The van der Waals surface area contributed by atoms with Crippen molar-refractivity contribution in [1.29, 1.82) is 0 Å². The highest BCUT2D eigenvalue weighted by molar-refractivity contribution is 7.71. The molecule has 0 radical (unpaired) electrons. The zero-order chi connectivity index (χ0) is 18.4. The number of pyridine rings is 1. The fourth-order valence-electron chi connectivity index (χ4n) is 2.78. The van der Waals surface area contributed by atoms with Crippen LogP contribution in [-0.4, -0.2) is 33.6 Å². The molecule has 26 heavy (non-hydrogen) atoms. The van der Waals surface area contributed by atoms with E-state index in [0.717, 1.165) is 16.7 Å². The van der Waals surface area contributed by atoms with E-state index in [0.29, 0.717) is 37.6 Å². The van der Waals surface area contributed by atoms with Crippen LogP contribution in [-0.2, 0) is 22.7 Å². The van der Waals surface area contributed by atoms with E-state index in [2.05, 4.69) is 9.88 Å². The van der Waals surface area contributed by atoms with Crippen LogP contribution in [0, 0.1) is 4.84 Å². The molecule has 0 aliphatic carbocycles. The number of carbonyl (C=O) groups is 1. The standard InChI is InChI=1S/C19H21N3O3S/c1-2-24-18(23)9-11-21(13-15-6-5-10-20-12-15)14-22-16-7-3-4-8-17(16)25-19(22)26/h3-8,10,12H,2,9,11,13-14H2,1H3. The molecular weight excluding hydrogens is 350 g/mol. The lowest BCUT2D eigenvalue weighted by Gasteiger charge is -2.22. The average molecular weight is 371 g/mol. The molecule has 3 aromatic rings. The smallest absolute Gasteiger partial charge is 0.307 e. The summed E-state index contributed by atoms with van der Waals surface area (Å²) < 4.78 is 12.6. The number of oxazole rings is 1. The normalized spacial score (nSPS) is 11.2. The molecule has 2 heterocycles. The Bertz CT molecular complexity index is 920. The molecule has 0 saturated carbocycles. The van der Waals surface area contributed by atoms with Crippen LogP contribution in [0.5, 0.6) is 0 Å². The Morgan fingerprint density at radius 1 is 1.31 bits per heavy atom. The zero-order valence-electron chi connectivity index (χ0n) is 14.6. The fourth-order valence-corrected chi connectivity index (χ4v) is 3.03. The van der Waals surface area contributed by atoms with Crippen molar-refractivity contribution >= 4 is 29.3 Å². The largest absolute Gasteiger partial charge is 0.466 e. The number of esters is 1. The van der Waals surface area contributed by atoms with E-state index in [1.54, 1.807) is 6.20 Å². The third-order valence-electron chi connectivity index (χ3n) is 3.98. The van der Waals surface area contributed by atoms with Crippen LogP contribution in [0.4, 0.5) is 0 Å². The molecule has 136 valence electrons. The van der Waals surface area contributed by atoms with Gasteiger partial charge in [0.15, 0.2) is 5.58 Å². The number of hydrogen-bond acceptors (Lipinski definition) is 6. The molecule has 0 N–H and O–H groups in total. The lowest BCUT2D eigenvalue weighted by Crippen LogP contribution is -2.29. The van der Waals surface area contributed by atoms with Crippen molar-refractivity contribution in [3.63, 3.8) is 0 Å². The van der Waals surface area contributed by atoms with Gasteiger partial charge < -0.3 is 9.15 Å². The first-order valence-corrected chi connectivity index (χ1v) is 8.93.